The number of aliphatic hydroxyl groups excluding tert-OH is 1. The third-order valence-electron chi connectivity index (χ3n) is 7.82. The Morgan fingerprint density at radius 1 is 1.10 bits per heavy atom. The van der Waals surface area contributed by atoms with E-state index in [1.165, 1.54) is 0 Å². The van der Waals surface area contributed by atoms with E-state index in [9.17, 15) is 14.7 Å². The molecule has 2 aromatic rings. The van der Waals surface area contributed by atoms with E-state index in [0.717, 1.165) is 49.4 Å². The number of hydrogen-bond acceptors (Lipinski definition) is 7. The number of Topliss-reactive ketones (excluding diaryl/α,β-unsaturated/α-hetero) is 1. The molecule has 0 aliphatic carbocycles. The number of ether oxygens (including phenoxy) is 3. The topological polar surface area (TPSA) is 88.5 Å². The van der Waals surface area contributed by atoms with Crippen molar-refractivity contribution in [1.29, 1.82) is 0 Å². The zero-order chi connectivity index (χ0) is 28.2. The molecule has 0 spiro atoms. The molecule has 8 nitrogen and oxygen atoms in total. The van der Waals surface area contributed by atoms with Crippen LogP contribution >= 0.6 is 0 Å². The van der Waals surface area contributed by atoms with Crippen LogP contribution in [0.1, 0.15) is 56.3 Å². The number of carbonyl (C=O) groups excluding carboxylic acids is 2. The number of hydrogen-bond donors (Lipinski definition) is 1. The van der Waals surface area contributed by atoms with Crippen LogP contribution in [0.3, 0.4) is 0 Å². The number of carbonyl (C=O) groups is 2. The average Bonchev–Trinajstić information content (AvgIpc) is 3.44. The lowest BCUT2D eigenvalue weighted by atomic mass is 9.94. The first-order valence-electron chi connectivity index (χ1n) is 14.4. The Morgan fingerprint density at radius 2 is 1.90 bits per heavy atom. The monoisotopic (exact) mass is 548 g/mol. The standard InChI is InChI=1S/C32H40N2O6/c1-21(2)10-15-39-26-7-4-6-23(20-26)29-28(30(35)24-8-9-27-25(19-24)18-22(3)40-27)31(36)32(37)34(29)12-5-11-33-13-16-38-17-14-33/h4,6-9,19-22,29,35H,5,10-18H2,1-3H3/b30-28+/t22-,29+/m0/s1. The fourth-order valence-electron chi connectivity index (χ4n) is 5.66. The van der Waals surface area contributed by atoms with Crippen LogP contribution in [-0.4, -0.2) is 78.7 Å². The van der Waals surface area contributed by atoms with Gasteiger partial charge in [0.25, 0.3) is 11.7 Å². The third kappa shape index (κ3) is 6.18. The summed E-state index contributed by atoms with van der Waals surface area (Å²) in [6.07, 6.45) is 2.42. The lowest BCUT2D eigenvalue weighted by Crippen LogP contribution is -2.38. The lowest BCUT2D eigenvalue weighted by molar-refractivity contribution is -0.140. The predicted octanol–water partition coefficient (Wildman–Crippen LogP) is 4.58. The van der Waals surface area contributed by atoms with Gasteiger partial charge in [-0.3, -0.25) is 14.5 Å². The number of aliphatic hydroxyl groups is 1. The summed E-state index contributed by atoms with van der Waals surface area (Å²) in [6.45, 7) is 11.2. The first kappa shape index (κ1) is 28.2. The van der Waals surface area contributed by atoms with Crippen LogP contribution in [0.2, 0.25) is 0 Å². The molecule has 2 atom stereocenters. The van der Waals surface area contributed by atoms with E-state index in [1.807, 2.05) is 43.3 Å². The summed E-state index contributed by atoms with van der Waals surface area (Å²) in [4.78, 5) is 30.9. The summed E-state index contributed by atoms with van der Waals surface area (Å²) in [5, 5.41) is 11.5. The molecule has 1 N–H and O–H groups in total. The zero-order valence-corrected chi connectivity index (χ0v) is 23.7. The number of amides is 1. The number of morpholine rings is 1. The zero-order valence-electron chi connectivity index (χ0n) is 23.7. The van der Waals surface area contributed by atoms with Gasteiger partial charge in [-0.25, -0.2) is 0 Å². The molecule has 40 heavy (non-hydrogen) atoms. The van der Waals surface area contributed by atoms with Gasteiger partial charge >= 0.3 is 0 Å². The van der Waals surface area contributed by atoms with E-state index < -0.39 is 17.7 Å². The van der Waals surface area contributed by atoms with Gasteiger partial charge in [0.1, 0.15) is 23.4 Å². The van der Waals surface area contributed by atoms with Gasteiger partial charge in [-0.2, -0.15) is 0 Å². The van der Waals surface area contributed by atoms with Crippen LogP contribution in [0.25, 0.3) is 5.76 Å². The molecule has 3 heterocycles. The highest BCUT2D eigenvalue weighted by atomic mass is 16.5. The maximum atomic E-state index is 13.5. The summed E-state index contributed by atoms with van der Waals surface area (Å²) < 4.78 is 17.3. The van der Waals surface area contributed by atoms with Gasteiger partial charge in [-0.15, -0.1) is 0 Å². The average molecular weight is 549 g/mol. The van der Waals surface area contributed by atoms with Crippen molar-refractivity contribution < 1.29 is 28.9 Å². The second-order valence-corrected chi connectivity index (χ2v) is 11.4. The first-order chi connectivity index (χ1) is 19.3. The van der Waals surface area contributed by atoms with Crippen molar-refractivity contribution in [2.24, 2.45) is 5.92 Å². The van der Waals surface area contributed by atoms with Crippen LogP contribution in [0.5, 0.6) is 11.5 Å². The molecular weight excluding hydrogens is 508 g/mol. The normalized spacial score (nSPS) is 22.6. The van der Waals surface area contributed by atoms with Gasteiger partial charge in [0.15, 0.2) is 0 Å². The first-order valence-corrected chi connectivity index (χ1v) is 14.4. The summed E-state index contributed by atoms with van der Waals surface area (Å²) in [7, 11) is 0. The molecule has 2 fully saturated rings. The third-order valence-corrected chi connectivity index (χ3v) is 7.82. The van der Waals surface area contributed by atoms with Crippen LogP contribution < -0.4 is 9.47 Å². The predicted molar refractivity (Wildman–Crippen MR) is 153 cm³/mol. The molecule has 0 aromatic heterocycles. The molecule has 0 saturated carbocycles. The van der Waals surface area contributed by atoms with Crippen molar-refractivity contribution in [3.63, 3.8) is 0 Å². The Kier molecular flexibility index (Phi) is 8.76. The van der Waals surface area contributed by atoms with E-state index in [-0.39, 0.29) is 17.4 Å². The molecule has 2 aromatic carbocycles. The largest absolute Gasteiger partial charge is 0.507 e. The fraction of sp³-hybridized carbons (Fsp3) is 0.500. The van der Waals surface area contributed by atoms with Crippen LogP contribution in [0.4, 0.5) is 0 Å². The van der Waals surface area contributed by atoms with E-state index >= 15 is 0 Å². The van der Waals surface area contributed by atoms with E-state index in [2.05, 4.69) is 18.7 Å². The smallest absolute Gasteiger partial charge is 0.295 e. The molecule has 0 bridgehead atoms. The van der Waals surface area contributed by atoms with Crippen molar-refractivity contribution in [3.8, 4) is 11.5 Å². The van der Waals surface area contributed by atoms with Gasteiger partial charge in [-0.05, 0) is 67.1 Å². The molecule has 0 unspecified atom stereocenters. The van der Waals surface area contributed by atoms with Gasteiger partial charge in [-0.1, -0.05) is 26.0 Å². The quantitative estimate of drug-likeness (QED) is 0.264. The summed E-state index contributed by atoms with van der Waals surface area (Å²) in [5.74, 6) is 0.578. The maximum absolute atomic E-state index is 13.5. The second-order valence-electron chi connectivity index (χ2n) is 11.4. The van der Waals surface area contributed by atoms with E-state index in [0.29, 0.717) is 50.0 Å². The fourth-order valence-corrected chi connectivity index (χ4v) is 5.66. The van der Waals surface area contributed by atoms with Crippen molar-refractivity contribution in [2.45, 2.75) is 52.2 Å². The van der Waals surface area contributed by atoms with Crippen molar-refractivity contribution >= 4 is 17.4 Å². The number of benzene rings is 2. The maximum Gasteiger partial charge on any atom is 0.295 e. The number of fused-ring (bicyclic) bond motifs is 1. The van der Waals surface area contributed by atoms with Gasteiger partial charge in [0, 0.05) is 38.2 Å². The summed E-state index contributed by atoms with van der Waals surface area (Å²) in [5.41, 5.74) is 2.35. The lowest BCUT2D eigenvalue weighted by Gasteiger charge is -2.29. The van der Waals surface area contributed by atoms with E-state index in [1.54, 1.807) is 11.0 Å². The summed E-state index contributed by atoms with van der Waals surface area (Å²) >= 11 is 0. The van der Waals surface area contributed by atoms with Crippen molar-refractivity contribution in [3.05, 3.63) is 64.7 Å². The number of rotatable bonds is 10. The molecular formula is C32H40N2O6. The van der Waals surface area contributed by atoms with Gasteiger partial charge < -0.3 is 24.2 Å². The molecule has 2 saturated heterocycles. The highest BCUT2D eigenvalue weighted by Gasteiger charge is 2.46. The van der Waals surface area contributed by atoms with Crippen LogP contribution in [0.15, 0.2) is 48.0 Å². The number of ketones is 1. The summed E-state index contributed by atoms with van der Waals surface area (Å²) in [6, 6.07) is 12.3. The Hall–Kier alpha value is -3.36. The Bertz CT molecular complexity index is 1270. The molecule has 5 rings (SSSR count). The molecule has 214 valence electrons. The Balaban J connectivity index is 1.47. The van der Waals surface area contributed by atoms with Crippen LogP contribution in [0, 0.1) is 5.92 Å². The minimum absolute atomic E-state index is 0.0582. The molecule has 0 radical (unpaired) electrons. The number of nitrogens with zero attached hydrogens (tertiary/aromatic N) is 2. The molecule has 8 heteroatoms. The molecule has 1 amide bonds. The number of likely N-dealkylation sites (tertiary alicyclic amines) is 1. The molecule has 3 aliphatic rings. The SMILES string of the molecule is CC(C)CCOc1cccc([C@@H]2/C(=C(\O)c3ccc4c(c3)C[C@H](C)O4)C(=O)C(=O)N2CCCN2CCOCC2)c1. The van der Waals surface area contributed by atoms with Gasteiger partial charge in [0.2, 0.25) is 0 Å². The van der Waals surface area contributed by atoms with E-state index in [4.69, 9.17) is 14.2 Å². The highest BCUT2D eigenvalue weighted by Crippen LogP contribution is 2.41. The minimum Gasteiger partial charge on any atom is -0.507 e. The van der Waals surface area contributed by atoms with Crippen molar-refractivity contribution in [1.82, 2.24) is 9.80 Å². The van der Waals surface area contributed by atoms with Crippen molar-refractivity contribution in [2.75, 3.05) is 46.0 Å². The second kappa shape index (κ2) is 12.4. The highest BCUT2D eigenvalue weighted by molar-refractivity contribution is 6.46. The Morgan fingerprint density at radius 3 is 2.67 bits per heavy atom. The van der Waals surface area contributed by atoms with Gasteiger partial charge in [0.05, 0.1) is 31.4 Å². The minimum atomic E-state index is -0.707. The van der Waals surface area contributed by atoms with Crippen LogP contribution in [-0.2, 0) is 20.7 Å². The molecule has 3 aliphatic heterocycles. The Labute approximate surface area is 236 Å².